The van der Waals surface area contributed by atoms with E-state index in [2.05, 4.69) is 24.3 Å². The molecule has 118 valence electrons. The van der Waals surface area contributed by atoms with E-state index in [-0.39, 0.29) is 16.6 Å². The summed E-state index contributed by atoms with van der Waals surface area (Å²) in [7, 11) is 0. The molecule has 1 saturated heterocycles. The highest BCUT2D eigenvalue weighted by atomic mass is 32.2. The van der Waals surface area contributed by atoms with Crippen LogP contribution in [0.5, 0.6) is 0 Å². The van der Waals surface area contributed by atoms with Gasteiger partial charge in [-0.2, -0.15) is 0 Å². The van der Waals surface area contributed by atoms with E-state index in [0.717, 1.165) is 13.0 Å². The molecule has 4 unspecified atom stereocenters. The van der Waals surface area contributed by atoms with Crippen molar-refractivity contribution in [3.8, 4) is 0 Å². The van der Waals surface area contributed by atoms with E-state index in [9.17, 15) is 4.79 Å². The van der Waals surface area contributed by atoms with Crippen molar-refractivity contribution in [3.05, 3.63) is 24.3 Å². The van der Waals surface area contributed by atoms with Crippen molar-refractivity contribution in [3.63, 3.8) is 0 Å². The van der Waals surface area contributed by atoms with Crippen LogP contribution in [0.4, 0.5) is 0 Å². The SMILES string of the molecule is NC(=O)C1C(C2CCCCC2)SC23C=CC=CC2=NCCC13. The number of amides is 1. The normalized spacial score (nSPS) is 40.9. The third kappa shape index (κ3) is 2.10. The molecule has 2 fully saturated rings. The van der Waals surface area contributed by atoms with E-state index in [4.69, 9.17) is 10.7 Å². The summed E-state index contributed by atoms with van der Waals surface area (Å²) in [6.07, 6.45) is 16.1. The van der Waals surface area contributed by atoms with Crippen molar-refractivity contribution in [1.82, 2.24) is 0 Å². The Hall–Kier alpha value is -1.03. The van der Waals surface area contributed by atoms with Crippen LogP contribution in [0.2, 0.25) is 0 Å². The van der Waals surface area contributed by atoms with Crippen LogP contribution in [0.1, 0.15) is 38.5 Å². The second-order valence-corrected chi connectivity index (χ2v) is 8.54. The van der Waals surface area contributed by atoms with Gasteiger partial charge in [-0.05, 0) is 37.2 Å². The molecule has 0 aromatic carbocycles. The van der Waals surface area contributed by atoms with Crippen molar-refractivity contribution < 1.29 is 4.79 Å². The summed E-state index contributed by atoms with van der Waals surface area (Å²) in [5, 5.41) is 0.377. The lowest BCUT2D eigenvalue weighted by molar-refractivity contribution is -0.123. The Morgan fingerprint density at radius 1 is 1.23 bits per heavy atom. The Labute approximate surface area is 136 Å². The van der Waals surface area contributed by atoms with E-state index in [1.807, 2.05) is 11.8 Å². The average molecular weight is 316 g/mol. The quantitative estimate of drug-likeness (QED) is 0.851. The predicted molar refractivity (Wildman–Crippen MR) is 92.1 cm³/mol. The molecule has 4 atom stereocenters. The molecule has 2 aliphatic heterocycles. The highest BCUT2D eigenvalue weighted by Crippen LogP contribution is 2.59. The van der Waals surface area contributed by atoms with Crippen LogP contribution in [0, 0.1) is 17.8 Å². The standard InChI is InChI=1S/C18H24N2OS/c19-17(21)15-13-9-11-20-14-8-4-5-10-18(13,14)22-16(15)12-6-2-1-3-7-12/h4-5,8,10,12-13,15-16H,1-3,6-7,9,11H2,(H2,19,21). The molecule has 4 heteroatoms. The van der Waals surface area contributed by atoms with Gasteiger partial charge in [0.15, 0.2) is 0 Å². The second kappa shape index (κ2) is 5.55. The molecule has 1 amide bonds. The van der Waals surface area contributed by atoms with Crippen molar-refractivity contribution in [1.29, 1.82) is 0 Å². The van der Waals surface area contributed by atoms with E-state index in [1.165, 1.54) is 37.8 Å². The molecule has 2 aliphatic carbocycles. The number of primary amides is 1. The molecule has 0 aromatic heterocycles. The molecule has 1 spiro atoms. The first-order valence-corrected chi connectivity index (χ1v) is 9.48. The number of rotatable bonds is 2. The van der Waals surface area contributed by atoms with Crippen LogP contribution in [0.25, 0.3) is 0 Å². The van der Waals surface area contributed by atoms with Crippen LogP contribution < -0.4 is 5.73 Å². The number of carbonyl (C=O) groups is 1. The monoisotopic (exact) mass is 316 g/mol. The fraction of sp³-hybridized carbons (Fsp3) is 0.667. The van der Waals surface area contributed by atoms with E-state index >= 15 is 0 Å². The van der Waals surface area contributed by atoms with Crippen LogP contribution in [0.3, 0.4) is 0 Å². The Bertz CT molecular complexity index is 561. The molecule has 22 heavy (non-hydrogen) atoms. The summed E-state index contributed by atoms with van der Waals surface area (Å²) in [6.45, 7) is 0.835. The number of allylic oxidation sites excluding steroid dienone is 3. The van der Waals surface area contributed by atoms with Crippen molar-refractivity contribution in [2.75, 3.05) is 6.54 Å². The summed E-state index contributed by atoms with van der Waals surface area (Å²) in [6, 6.07) is 0. The summed E-state index contributed by atoms with van der Waals surface area (Å²) in [4.78, 5) is 17.1. The average Bonchev–Trinajstić information content (AvgIpc) is 2.89. The number of hydrogen-bond acceptors (Lipinski definition) is 3. The second-order valence-electron chi connectivity index (χ2n) is 7.08. The topological polar surface area (TPSA) is 55.5 Å². The Morgan fingerprint density at radius 3 is 2.82 bits per heavy atom. The molecule has 2 N–H and O–H groups in total. The zero-order valence-electron chi connectivity index (χ0n) is 12.9. The lowest BCUT2D eigenvalue weighted by atomic mass is 9.69. The molecule has 1 saturated carbocycles. The van der Waals surface area contributed by atoms with Gasteiger partial charge in [-0.15, -0.1) is 11.8 Å². The largest absolute Gasteiger partial charge is 0.369 e. The molecule has 4 rings (SSSR count). The Morgan fingerprint density at radius 2 is 2.05 bits per heavy atom. The van der Waals surface area contributed by atoms with Gasteiger partial charge in [-0.3, -0.25) is 9.79 Å². The smallest absolute Gasteiger partial charge is 0.222 e. The summed E-state index contributed by atoms with van der Waals surface area (Å²) >= 11 is 2.00. The highest BCUT2D eigenvalue weighted by molar-refractivity contribution is 8.02. The lowest BCUT2D eigenvalue weighted by Gasteiger charge is -2.37. The predicted octanol–water partition coefficient (Wildman–Crippen LogP) is 3.11. The van der Waals surface area contributed by atoms with Crippen LogP contribution in [-0.2, 0) is 4.79 Å². The van der Waals surface area contributed by atoms with E-state index in [0.29, 0.717) is 17.1 Å². The van der Waals surface area contributed by atoms with E-state index < -0.39 is 0 Å². The maximum Gasteiger partial charge on any atom is 0.222 e. The number of hydrogen-bond donors (Lipinski definition) is 1. The third-order valence-electron chi connectivity index (χ3n) is 5.94. The van der Waals surface area contributed by atoms with Gasteiger partial charge in [0, 0.05) is 11.8 Å². The number of aliphatic imine (C=N–C) groups is 1. The highest BCUT2D eigenvalue weighted by Gasteiger charge is 2.59. The van der Waals surface area contributed by atoms with Gasteiger partial charge >= 0.3 is 0 Å². The van der Waals surface area contributed by atoms with Crippen molar-refractivity contribution in [2.24, 2.45) is 28.5 Å². The number of carbonyl (C=O) groups excluding carboxylic acids is 1. The maximum atomic E-state index is 12.3. The van der Waals surface area contributed by atoms with Gasteiger partial charge in [-0.25, -0.2) is 0 Å². The van der Waals surface area contributed by atoms with Crippen molar-refractivity contribution in [2.45, 2.75) is 48.5 Å². The van der Waals surface area contributed by atoms with Gasteiger partial charge in [0.05, 0.1) is 16.4 Å². The number of thioether (sulfide) groups is 1. The zero-order chi connectivity index (χ0) is 15.2. The lowest BCUT2D eigenvalue weighted by Crippen LogP contribution is -2.46. The summed E-state index contributed by atoms with van der Waals surface area (Å²) in [5.41, 5.74) is 7.05. The van der Waals surface area contributed by atoms with Crippen molar-refractivity contribution >= 4 is 23.4 Å². The Kier molecular flexibility index (Phi) is 3.67. The molecular weight excluding hydrogens is 292 g/mol. The number of nitrogens with two attached hydrogens (primary N) is 1. The molecule has 0 radical (unpaired) electrons. The maximum absolute atomic E-state index is 12.3. The first-order valence-electron chi connectivity index (χ1n) is 8.60. The van der Waals surface area contributed by atoms with E-state index in [1.54, 1.807) is 0 Å². The Balaban J connectivity index is 1.72. The fourth-order valence-corrected chi connectivity index (χ4v) is 7.20. The van der Waals surface area contributed by atoms with Crippen LogP contribution in [-0.4, -0.2) is 28.2 Å². The third-order valence-corrected chi connectivity index (χ3v) is 7.93. The van der Waals surface area contributed by atoms with Gasteiger partial charge in [-0.1, -0.05) is 37.5 Å². The molecule has 2 heterocycles. The minimum atomic E-state index is -0.0887. The summed E-state index contributed by atoms with van der Waals surface area (Å²) in [5.74, 6) is 0.899. The molecule has 0 bridgehead atoms. The summed E-state index contributed by atoms with van der Waals surface area (Å²) < 4.78 is -0.0885. The van der Waals surface area contributed by atoms with Gasteiger partial charge in [0.25, 0.3) is 0 Å². The first-order chi connectivity index (χ1) is 10.7. The van der Waals surface area contributed by atoms with Crippen LogP contribution in [0.15, 0.2) is 29.3 Å². The molecule has 3 nitrogen and oxygen atoms in total. The minimum absolute atomic E-state index is 0.00903. The fourth-order valence-electron chi connectivity index (χ4n) is 4.96. The van der Waals surface area contributed by atoms with Gasteiger partial charge in [0.2, 0.25) is 5.91 Å². The van der Waals surface area contributed by atoms with Gasteiger partial charge in [0.1, 0.15) is 0 Å². The molecular formula is C18H24N2OS. The first kappa shape index (κ1) is 14.6. The zero-order valence-corrected chi connectivity index (χ0v) is 13.7. The van der Waals surface area contributed by atoms with Gasteiger partial charge < -0.3 is 5.73 Å². The van der Waals surface area contributed by atoms with Crippen LogP contribution >= 0.6 is 11.8 Å². The molecule has 4 aliphatic rings. The minimum Gasteiger partial charge on any atom is -0.369 e. The molecule has 0 aromatic rings. The number of nitrogens with zero attached hydrogens (tertiary/aromatic N) is 1.